The van der Waals surface area contributed by atoms with Crippen molar-refractivity contribution >= 4 is 11.6 Å². The van der Waals surface area contributed by atoms with Crippen molar-refractivity contribution in [1.82, 2.24) is 4.90 Å². The maximum Gasteiger partial charge on any atom is 0.230 e. The molecule has 5 rings (SSSR count). The van der Waals surface area contributed by atoms with E-state index in [1.165, 1.54) is 12.0 Å². The Labute approximate surface area is 201 Å². The predicted octanol–water partition coefficient (Wildman–Crippen LogP) is 4.72. The number of carbonyl (C=O) groups is 1. The highest BCUT2D eigenvalue weighted by atomic mass is 16.5. The second-order valence-corrected chi connectivity index (χ2v) is 9.14. The van der Waals surface area contributed by atoms with Crippen LogP contribution in [-0.2, 0) is 17.6 Å². The van der Waals surface area contributed by atoms with Crippen molar-refractivity contribution in [3.63, 3.8) is 0 Å². The van der Waals surface area contributed by atoms with Crippen LogP contribution in [0.5, 0.6) is 11.5 Å². The van der Waals surface area contributed by atoms with Gasteiger partial charge < -0.3 is 23.7 Å². The van der Waals surface area contributed by atoms with Crippen LogP contribution < -0.4 is 14.4 Å². The summed E-state index contributed by atoms with van der Waals surface area (Å²) in [6, 6.07) is 20.3. The number of furan rings is 1. The van der Waals surface area contributed by atoms with Gasteiger partial charge in [0.2, 0.25) is 5.91 Å². The molecule has 1 saturated carbocycles. The first-order chi connectivity index (χ1) is 16.7. The van der Waals surface area contributed by atoms with E-state index in [2.05, 4.69) is 41.3 Å². The molecule has 34 heavy (non-hydrogen) atoms. The van der Waals surface area contributed by atoms with Crippen LogP contribution in [0.2, 0.25) is 0 Å². The number of methoxy groups -OCH3 is 1. The second kappa shape index (κ2) is 10.2. The Bertz CT molecular complexity index is 1080. The molecule has 1 amide bonds. The molecule has 3 aromatic rings. The van der Waals surface area contributed by atoms with Gasteiger partial charge in [-0.3, -0.25) is 4.79 Å². The fourth-order valence-corrected chi connectivity index (χ4v) is 4.77. The van der Waals surface area contributed by atoms with Crippen LogP contribution in [0, 0.1) is 0 Å². The SMILES string of the molecule is COc1ccc(N2CCN(C(=O)Cc3ccco3)C(Cc3ccccc3)C2)cc1OC1CCC1. The summed E-state index contributed by atoms with van der Waals surface area (Å²) in [6.07, 6.45) is 6.43. The lowest BCUT2D eigenvalue weighted by Gasteiger charge is -2.43. The van der Waals surface area contributed by atoms with E-state index in [0.29, 0.717) is 18.7 Å². The molecule has 1 aliphatic carbocycles. The van der Waals surface area contributed by atoms with Gasteiger partial charge in [-0.15, -0.1) is 0 Å². The molecular weight excluding hydrogens is 428 g/mol. The quantitative estimate of drug-likeness (QED) is 0.487. The molecule has 6 nitrogen and oxygen atoms in total. The molecule has 2 fully saturated rings. The summed E-state index contributed by atoms with van der Waals surface area (Å²) < 4.78 is 17.2. The molecule has 1 unspecified atom stereocenters. The Kier molecular flexibility index (Phi) is 6.74. The van der Waals surface area contributed by atoms with Crippen molar-refractivity contribution in [2.75, 3.05) is 31.6 Å². The molecule has 0 N–H and O–H groups in total. The summed E-state index contributed by atoms with van der Waals surface area (Å²) in [4.78, 5) is 17.6. The summed E-state index contributed by atoms with van der Waals surface area (Å²) in [7, 11) is 1.68. The number of ether oxygens (including phenoxy) is 2. The first-order valence-corrected chi connectivity index (χ1v) is 12.1. The molecular formula is C28H32N2O4. The predicted molar refractivity (Wildman–Crippen MR) is 132 cm³/mol. The van der Waals surface area contributed by atoms with Gasteiger partial charge >= 0.3 is 0 Å². The minimum atomic E-state index is 0.0664. The summed E-state index contributed by atoms with van der Waals surface area (Å²) in [5.74, 6) is 2.39. The molecule has 2 aromatic carbocycles. The van der Waals surface area contributed by atoms with Gasteiger partial charge in [-0.2, -0.15) is 0 Å². The fraction of sp³-hybridized carbons (Fsp3) is 0.393. The van der Waals surface area contributed by atoms with Crippen LogP contribution in [0.4, 0.5) is 5.69 Å². The molecule has 2 heterocycles. The van der Waals surface area contributed by atoms with E-state index in [0.717, 1.165) is 49.5 Å². The molecule has 2 aliphatic rings. The summed E-state index contributed by atoms with van der Waals surface area (Å²) >= 11 is 0. The summed E-state index contributed by atoms with van der Waals surface area (Å²) in [5, 5.41) is 0. The maximum atomic E-state index is 13.2. The van der Waals surface area contributed by atoms with Crippen LogP contribution in [-0.4, -0.2) is 49.7 Å². The third kappa shape index (κ3) is 5.06. The monoisotopic (exact) mass is 460 g/mol. The number of hydrogen-bond acceptors (Lipinski definition) is 5. The maximum absolute atomic E-state index is 13.2. The lowest BCUT2D eigenvalue weighted by atomic mass is 9.96. The average Bonchev–Trinajstić information content (AvgIpc) is 3.35. The van der Waals surface area contributed by atoms with E-state index in [4.69, 9.17) is 13.9 Å². The first kappa shape index (κ1) is 22.4. The number of amides is 1. The topological polar surface area (TPSA) is 55.2 Å². The minimum Gasteiger partial charge on any atom is -0.493 e. The average molecular weight is 461 g/mol. The Morgan fingerprint density at radius 3 is 2.59 bits per heavy atom. The van der Waals surface area contributed by atoms with Gasteiger partial charge in [-0.05, 0) is 55.5 Å². The van der Waals surface area contributed by atoms with Crippen LogP contribution >= 0.6 is 0 Å². The van der Waals surface area contributed by atoms with Crippen molar-refractivity contribution in [2.24, 2.45) is 0 Å². The fourth-order valence-electron chi connectivity index (χ4n) is 4.77. The molecule has 1 saturated heterocycles. The van der Waals surface area contributed by atoms with Crippen molar-refractivity contribution in [1.29, 1.82) is 0 Å². The smallest absolute Gasteiger partial charge is 0.230 e. The zero-order valence-corrected chi connectivity index (χ0v) is 19.7. The highest BCUT2D eigenvalue weighted by Gasteiger charge is 2.31. The lowest BCUT2D eigenvalue weighted by molar-refractivity contribution is -0.133. The summed E-state index contributed by atoms with van der Waals surface area (Å²) in [6.45, 7) is 2.19. The van der Waals surface area contributed by atoms with E-state index < -0.39 is 0 Å². The number of carbonyl (C=O) groups excluding carboxylic acids is 1. The van der Waals surface area contributed by atoms with Crippen LogP contribution in [0.15, 0.2) is 71.3 Å². The first-order valence-electron chi connectivity index (χ1n) is 12.1. The number of hydrogen-bond donors (Lipinski definition) is 0. The molecule has 0 bridgehead atoms. The normalized spacial score (nSPS) is 18.4. The minimum absolute atomic E-state index is 0.0664. The van der Waals surface area contributed by atoms with E-state index in [1.54, 1.807) is 13.4 Å². The zero-order chi connectivity index (χ0) is 23.3. The van der Waals surface area contributed by atoms with E-state index >= 15 is 0 Å². The molecule has 1 aliphatic heterocycles. The van der Waals surface area contributed by atoms with Gasteiger partial charge in [0.15, 0.2) is 11.5 Å². The second-order valence-electron chi connectivity index (χ2n) is 9.14. The lowest BCUT2D eigenvalue weighted by Crippen LogP contribution is -2.56. The number of rotatable bonds is 8. The third-order valence-corrected chi connectivity index (χ3v) is 6.88. The molecule has 0 spiro atoms. The Hall–Kier alpha value is -3.41. The number of benzene rings is 2. The molecule has 0 radical (unpaired) electrons. The highest BCUT2D eigenvalue weighted by molar-refractivity contribution is 5.79. The van der Waals surface area contributed by atoms with Crippen LogP contribution in [0.25, 0.3) is 0 Å². The van der Waals surface area contributed by atoms with Gasteiger partial charge in [-0.1, -0.05) is 30.3 Å². The number of anilines is 1. The van der Waals surface area contributed by atoms with E-state index in [1.807, 2.05) is 29.2 Å². The van der Waals surface area contributed by atoms with E-state index in [-0.39, 0.29) is 18.1 Å². The third-order valence-electron chi connectivity index (χ3n) is 6.88. The van der Waals surface area contributed by atoms with Crippen LogP contribution in [0.3, 0.4) is 0 Å². The number of nitrogens with zero attached hydrogens (tertiary/aromatic N) is 2. The summed E-state index contributed by atoms with van der Waals surface area (Å²) in [5.41, 5.74) is 2.33. The van der Waals surface area contributed by atoms with Gasteiger partial charge in [0.25, 0.3) is 0 Å². The van der Waals surface area contributed by atoms with Gasteiger partial charge in [0, 0.05) is 31.4 Å². The van der Waals surface area contributed by atoms with E-state index in [9.17, 15) is 4.79 Å². The Balaban J connectivity index is 1.35. The molecule has 1 aromatic heterocycles. The Morgan fingerprint density at radius 1 is 1.03 bits per heavy atom. The van der Waals surface area contributed by atoms with Crippen molar-refractivity contribution in [2.45, 2.75) is 44.2 Å². The largest absolute Gasteiger partial charge is 0.493 e. The number of piperazine rings is 1. The molecule has 178 valence electrons. The van der Waals surface area contributed by atoms with Gasteiger partial charge in [0.05, 0.1) is 31.9 Å². The van der Waals surface area contributed by atoms with Crippen molar-refractivity contribution in [3.05, 3.63) is 78.3 Å². The Morgan fingerprint density at radius 2 is 1.88 bits per heavy atom. The zero-order valence-electron chi connectivity index (χ0n) is 19.7. The van der Waals surface area contributed by atoms with Crippen LogP contribution in [0.1, 0.15) is 30.6 Å². The van der Waals surface area contributed by atoms with Crippen molar-refractivity contribution < 1.29 is 18.7 Å². The highest BCUT2D eigenvalue weighted by Crippen LogP contribution is 2.36. The van der Waals surface area contributed by atoms with Gasteiger partial charge in [-0.25, -0.2) is 0 Å². The molecule has 1 atom stereocenters. The molecule has 6 heteroatoms. The van der Waals surface area contributed by atoms with Crippen molar-refractivity contribution in [3.8, 4) is 11.5 Å². The van der Waals surface area contributed by atoms with Gasteiger partial charge in [0.1, 0.15) is 5.76 Å². The standard InChI is InChI=1S/C28H32N2O4/c1-32-26-13-12-22(18-27(26)34-24-9-5-10-24)29-14-15-30(28(31)19-25-11-6-16-33-25)23(20-29)17-21-7-3-2-4-8-21/h2-4,6-8,11-13,16,18,23-24H,5,9-10,14-15,17,19-20H2,1H3.